The van der Waals surface area contributed by atoms with E-state index in [9.17, 15) is 4.39 Å². The Morgan fingerprint density at radius 2 is 1.80 bits per heavy atom. The Labute approximate surface area is 127 Å². The summed E-state index contributed by atoms with van der Waals surface area (Å²) in [4.78, 5) is 0. The molecule has 0 saturated carbocycles. The van der Waals surface area contributed by atoms with Crippen LogP contribution in [0.5, 0.6) is 11.5 Å². The molecule has 106 valence electrons. The predicted octanol–water partition coefficient (Wildman–Crippen LogP) is 4.88. The minimum atomic E-state index is -0.261. The van der Waals surface area contributed by atoms with Crippen LogP contribution in [0.15, 0.2) is 46.9 Å². The number of para-hydroxylation sites is 1. The highest BCUT2D eigenvalue weighted by molar-refractivity contribution is 9.10. The minimum absolute atomic E-state index is 0.261. The van der Waals surface area contributed by atoms with Crippen molar-refractivity contribution in [3.8, 4) is 11.5 Å². The molecule has 20 heavy (non-hydrogen) atoms. The molecule has 0 aliphatic heterocycles. The first-order valence-corrected chi connectivity index (χ1v) is 7.30. The Bertz CT molecular complexity index is 586. The van der Waals surface area contributed by atoms with Gasteiger partial charge < -0.3 is 10.1 Å². The third kappa shape index (κ3) is 3.81. The number of ether oxygens (including phenoxy) is 1. The molecule has 0 radical (unpaired) electrons. The van der Waals surface area contributed by atoms with Crippen molar-refractivity contribution in [1.82, 2.24) is 5.32 Å². The summed E-state index contributed by atoms with van der Waals surface area (Å²) in [6.45, 7) is 4.48. The Kier molecular flexibility index (Phi) is 5.15. The maximum Gasteiger partial charge on any atom is 0.141 e. The fourth-order valence-electron chi connectivity index (χ4n) is 1.76. The maximum atomic E-state index is 14.0. The molecule has 2 rings (SSSR count). The molecule has 0 saturated heterocycles. The van der Waals surface area contributed by atoms with Crippen molar-refractivity contribution in [1.29, 1.82) is 0 Å². The van der Waals surface area contributed by atoms with E-state index >= 15 is 0 Å². The third-order valence-electron chi connectivity index (χ3n) is 2.82. The van der Waals surface area contributed by atoms with Crippen molar-refractivity contribution in [3.05, 3.63) is 58.3 Å². The van der Waals surface area contributed by atoms with Crippen LogP contribution in [0.2, 0.25) is 0 Å². The summed E-state index contributed by atoms with van der Waals surface area (Å²) in [7, 11) is 0. The molecule has 0 spiro atoms. The van der Waals surface area contributed by atoms with Crippen LogP contribution in [0.1, 0.15) is 19.4 Å². The van der Waals surface area contributed by atoms with E-state index in [1.165, 1.54) is 6.07 Å². The molecule has 2 aromatic carbocycles. The quantitative estimate of drug-likeness (QED) is 0.839. The van der Waals surface area contributed by atoms with Gasteiger partial charge in [-0.05, 0) is 40.2 Å². The highest BCUT2D eigenvalue weighted by Gasteiger charge is 2.12. The molecule has 4 heteroatoms. The SMILES string of the molecule is CC(C)NCc1c(F)cccc1Oc1ccccc1Br. The zero-order valence-electron chi connectivity index (χ0n) is 11.5. The van der Waals surface area contributed by atoms with Gasteiger partial charge in [-0.15, -0.1) is 0 Å². The molecular weight excluding hydrogens is 321 g/mol. The van der Waals surface area contributed by atoms with Crippen molar-refractivity contribution in [2.24, 2.45) is 0 Å². The fourth-order valence-corrected chi connectivity index (χ4v) is 2.12. The molecule has 0 heterocycles. The van der Waals surface area contributed by atoms with Crippen LogP contribution < -0.4 is 10.1 Å². The molecule has 2 aromatic rings. The summed E-state index contributed by atoms with van der Waals surface area (Å²) >= 11 is 3.42. The fraction of sp³-hybridized carbons (Fsp3) is 0.250. The first kappa shape index (κ1) is 15.0. The molecule has 0 aromatic heterocycles. The summed E-state index contributed by atoms with van der Waals surface area (Å²) < 4.78 is 20.6. The van der Waals surface area contributed by atoms with E-state index in [4.69, 9.17) is 4.74 Å². The molecule has 0 bridgehead atoms. The van der Waals surface area contributed by atoms with Crippen molar-refractivity contribution in [3.63, 3.8) is 0 Å². The molecule has 2 nitrogen and oxygen atoms in total. The molecule has 0 atom stereocenters. The number of halogens is 2. The van der Waals surface area contributed by atoms with Crippen molar-refractivity contribution < 1.29 is 9.13 Å². The molecule has 0 unspecified atom stereocenters. The minimum Gasteiger partial charge on any atom is -0.456 e. The Morgan fingerprint density at radius 3 is 2.50 bits per heavy atom. The molecule has 1 N–H and O–H groups in total. The molecular formula is C16H17BrFNO. The van der Waals surface area contributed by atoms with Crippen LogP contribution in [0.25, 0.3) is 0 Å². The summed E-state index contributed by atoms with van der Waals surface area (Å²) in [6.07, 6.45) is 0. The first-order chi connectivity index (χ1) is 9.58. The van der Waals surface area contributed by atoms with Gasteiger partial charge in [0.25, 0.3) is 0 Å². The monoisotopic (exact) mass is 337 g/mol. The van der Waals surface area contributed by atoms with Gasteiger partial charge in [0.15, 0.2) is 0 Å². The maximum absolute atomic E-state index is 14.0. The van der Waals surface area contributed by atoms with Crippen LogP contribution >= 0.6 is 15.9 Å². The van der Waals surface area contributed by atoms with Gasteiger partial charge in [-0.3, -0.25) is 0 Å². The second-order valence-corrected chi connectivity index (χ2v) is 5.64. The van der Waals surface area contributed by atoms with Gasteiger partial charge in [0.2, 0.25) is 0 Å². The van der Waals surface area contributed by atoms with Crippen molar-refractivity contribution in [2.75, 3.05) is 0 Å². The van der Waals surface area contributed by atoms with Crippen LogP contribution in [0.3, 0.4) is 0 Å². The normalized spacial score (nSPS) is 10.8. The number of rotatable bonds is 5. The van der Waals surface area contributed by atoms with E-state index in [0.29, 0.717) is 23.6 Å². The number of hydrogen-bond acceptors (Lipinski definition) is 2. The lowest BCUT2D eigenvalue weighted by Crippen LogP contribution is -2.22. The van der Waals surface area contributed by atoms with Crippen LogP contribution in [0, 0.1) is 5.82 Å². The lowest BCUT2D eigenvalue weighted by molar-refractivity contribution is 0.455. The Balaban J connectivity index is 2.27. The average Bonchev–Trinajstić information content (AvgIpc) is 2.40. The third-order valence-corrected chi connectivity index (χ3v) is 3.47. The average molecular weight is 338 g/mol. The van der Waals surface area contributed by atoms with E-state index in [-0.39, 0.29) is 11.9 Å². The summed E-state index contributed by atoms with van der Waals surface area (Å²) in [5.41, 5.74) is 0.539. The van der Waals surface area contributed by atoms with Crippen molar-refractivity contribution in [2.45, 2.75) is 26.4 Å². The molecule has 0 amide bonds. The van der Waals surface area contributed by atoms with Crippen LogP contribution in [-0.4, -0.2) is 6.04 Å². The van der Waals surface area contributed by atoms with E-state index < -0.39 is 0 Å². The Morgan fingerprint density at radius 1 is 1.10 bits per heavy atom. The Hall–Kier alpha value is -1.39. The van der Waals surface area contributed by atoms with Gasteiger partial charge in [-0.25, -0.2) is 4.39 Å². The number of hydrogen-bond donors (Lipinski definition) is 1. The van der Waals surface area contributed by atoms with Gasteiger partial charge in [0, 0.05) is 18.2 Å². The van der Waals surface area contributed by atoms with Gasteiger partial charge >= 0.3 is 0 Å². The lowest BCUT2D eigenvalue weighted by atomic mass is 10.1. The molecule has 0 aliphatic carbocycles. The second-order valence-electron chi connectivity index (χ2n) is 4.78. The van der Waals surface area contributed by atoms with Gasteiger partial charge in [-0.2, -0.15) is 0 Å². The number of benzene rings is 2. The summed E-state index contributed by atoms with van der Waals surface area (Å²) in [6, 6.07) is 12.7. The predicted molar refractivity (Wildman–Crippen MR) is 82.6 cm³/mol. The van der Waals surface area contributed by atoms with Crippen molar-refractivity contribution >= 4 is 15.9 Å². The van der Waals surface area contributed by atoms with Crippen LogP contribution in [0.4, 0.5) is 4.39 Å². The zero-order chi connectivity index (χ0) is 14.5. The largest absolute Gasteiger partial charge is 0.456 e. The van der Waals surface area contributed by atoms with Gasteiger partial charge in [0.05, 0.1) is 4.47 Å². The van der Waals surface area contributed by atoms with E-state index in [2.05, 4.69) is 21.2 Å². The van der Waals surface area contributed by atoms with Gasteiger partial charge in [-0.1, -0.05) is 32.0 Å². The zero-order valence-corrected chi connectivity index (χ0v) is 13.1. The molecule has 0 aliphatic rings. The van der Waals surface area contributed by atoms with Gasteiger partial charge in [0.1, 0.15) is 17.3 Å². The summed E-state index contributed by atoms with van der Waals surface area (Å²) in [5, 5.41) is 3.21. The highest BCUT2D eigenvalue weighted by atomic mass is 79.9. The van der Waals surface area contributed by atoms with E-state index in [1.54, 1.807) is 12.1 Å². The van der Waals surface area contributed by atoms with E-state index in [0.717, 1.165) is 4.47 Å². The topological polar surface area (TPSA) is 21.3 Å². The van der Waals surface area contributed by atoms with E-state index in [1.807, 2.05) is 38.1 Å². The molecule has 0 fully saturated rings. The second kappa shape index (κ2) is 6.86. The first-order valence-electron chi connectivity index (χ1n) is 6.51. The smallest absolute Gasteiger partial charge is 0.141 e. The highest BCUT2D eigenvalue weighted by Crippen LogP contribution is 2.32. The standard InChI is InChI=1S/C16H17BrFNO/c1-11(2)19-10-12-14(18)7-5-9-15(12)20-16-8-4-3-6-13(16)17/h3-9,11,19H,10H2,1-2H3. The summed E-state index contributed by atoms with van der Waals surface area (Å²) in [5.74, 6) is 0.941. The lowest BCUT2D eigenvalue weighted by Gasteiger charge is -2.15. The van der Waals surface area contributed by atoms with Crippen LogP contribution in [-0.2, 0) is 6.54 Å². The number of nitrogens with one attached hydrogen (secondary N) is 1.